The summed E-state index contributed by atoms with van der Waals surface area (Å²) in [6.45, 7) is 6.33. The molecule has 7 heteroatoms. The van der Waals surface area contributed by atoms with Crippen LogP contribution in [0.1, 0.15) is 45.6 Å². The van der Waals surface area contributed by atoms with Crippen LogP contribution in [0.15, 0.2) is 6.33 Å². The van der Waals surface area contributed by atoms with Gasteiger partial charge in [0.15, 0.2) is 0 Å². The number of alkyl halides is 3. The van der Waals surface area contributed by atoms with Gasteiger partial charge in [-0.15, -0.1) is 0 Å². The highest BCUT2D eigenvalue weighted by Gasteiger charge is 2.30. The molecule has 1 aromatic heterocycles. The topological polar surface area (TPSA) is 49.8 Å². The standard InChI is InChI=1S/C14H23F3N4/c1-4-6-11-12(18-7-5-2)19-9-20-13(11)21-10(3)8-14(15,16)17/h9-10H,4-8H2,1-3H3,(H2,18,19,20,21). The number of hydrogen-bond donors (Lipinski definition) is 2. The van der Waals surface area contributed by atoms with Crippen molar-refractivity contribution in [2.24, 2.45) is 0 Å². The molecule has 1 heterocycles. The minimum Gasteiger partial charge on any atom is -0.370 e. The second kappa shape index (κ2) is 8.05. The number of rotatable bonds is 8. The van der Waals surface area contributed by atoms with Crippen LogP contribution in [0.5, 0.6) is 0 Å². The van der Waals surface area contributed by atoms with Gasteiger partial charge in [0.1, 0.15) is 18.0 Å². The number of nitrogens with one attached hydrogen (secondary N) is 2. The lowest BCUT2D eigenvalue weighted by atomic mass is 10.1. The first-order chi connectivity index (χ1) is 9.87. The lowest BCUT2D eigenvalue weighted by Crippen LogP contribution is -2.25. The number of hydrogen-bond acceptors (Lipinski definition) is 4. The smallest absolute Gasteiger partial charge is 0.370 e. The van der Waals surface area contributed by atoms with E-state index < -0.39 is 18.6 Å². The number of nitrogens with zero attached hydrogens (tertiary/aromatic N) is 2. The summed E-state index contributed by atoms with van der Waals surface area (Å²) in [5, 5.41) is 6.05. The third kappa shape index (κ3) is 6.18. The van der Waals surface area contributed by atoms with Crippen molar-refractivity contribution in [3.8, 4) is 0 Å². The highest BCUT2D eigenvalue weighted by atomic mass is 19.4. The van der Waals surface area contributed by atoms with Gasteiger partial charge in [-0.2, -0.15) is 13.2 Å². The van der Waals surface area contributed by atoms with Crippen molar-refractivity contribution in [1.82, 2.24) is 9.97 Å². The molecule has 21 heavy (non-hydrogen) atoms. The van der Waals surface area contributed by atoms with Gasteiger partial charge in [-0.1, -0.05) is 20.3 Å². The first kappa shape index (κ1) is 17.5. The second-order valence-corrected chi connectivity index (χ2v) is 5.09. The summed E-state index contributed by atoms with van der Waals surface area (Å²) in [6.07, 6.45) is -1.17. The van der Waals surface area contributed by atoms with Crippen LogP contribution in [0.25, 0.3) is 0 Å². The average molecular weight is 304 g/mol. The van der Waals surface area contributed by atoms with E-state index in [-0.39, 0.29) is 0 Å². The summed E-state index contributed by atoms with van der Waals surface area (Å²) in [4.78, 5) is 8.30. The van der Waals surface area contributed by atoms with E-state index in [0.29, 0.717) is 18.1 Å². The monoisotopic (exact) mass is 304 g/mol. The molecule has 1 aromatic rings. The number of anilines is 2. The van der Waals surface area contributed by atoms with Gasteiger partial charge < -0.3 is 10.6 Å². The van der Waals surface area contributed by atoms with E-state index in [1.807, 2.05) is 13.8 Å². The zero-order valence-electron chi connectivity index (χ0n) is 12.7. The first-order valence-electron chi connectivity index (χ1n) is 7.28. The van der Waals surface area contributed by atoms with Gasteiger partial charge in [0.05, 0.1) is 6.42 Å². The molecule has 0 aliphatic heterocycles. The Labute approximate surface area is 123 Å². The molecule has 2 N–H and O–H groups in total. The molecule has 1 rings (SSSR count). The molecule has 0 amide bonds. The zero-order chi connectivity index (χ0) is 15.9. The Bertz CT molecular complexity index is 435. The summed E-state index contributed by atoms with van der Waals surface area (Å²) in [7, 11) is 0. The van der Waals surface area contributed by atoms with E-state index in [1.165, 1.54) is 13.3 Å². The van der Waals surface area contributed by atoms with Crippen LogP contribution in [0, 0.1) is 0 Å². The lowest BCUT2D eigenvalue weighted by molar-refractivity contribution is -0.136. The number of halogens is 3. The summed E-state index contributed by atoms with van der Waals surface area (Å²) in [5.41, 5.74) is 0.850. The highest BCUT2D eigenvalue weighted by molar-refractivity contribution is 5.57. The van der Waals surface area contributed by atoms with E-state index in [1.54, 1.807) is 0 Å². The molecular weight excluding hydrogens is 281 g/mol. The Morgan fingerprint density at radius 2 is 1.81 bits per heavy atom. The largest absolute Gasteiger partial charge is 0.391 e. The summed E-state index contributed by atoms with van der Waals surface area (Å²) in [6, 6.07) is -0.727. The molecule has 4 nitrogen and oxygen atoms in total. The normalized spacial score (nSPS) is 13.0. The van der Waals surface area contributed by atoms with Crippen LogP contribution in [-0.2, 0) is 6.42 Å². The number of aromatic nitrogens is 2. The Morgan fingerprint density at radius 3 is 2.38 bits per heavy atom. The minimum absolute atomic E-state index is 0.488. The van der Waals surface area contributed by atoms with Gasteiger partial charge in [0.25, 0.3) is 0 Å². The molecule has 1 unspecified atom stereocenters. The molecule has 0 saturated carbocycles. The van der Waals surface area contributed by atoms with Gasteiger partial charge in [-0.3, -0.25) is 0 Å². The minimum atomic E-state index is -4.19. The first-order valence-corrected chi connectivity index (χ1v) is 7.28. The maximum Gasteiger partial charge on any atom is 0.391 e. The molecule has 0 saturated heterocycles. The average Bonchev–Trinajstić information content (AvgIpc) is 2.37. The Morgan fingerprint density at radius 1 is 1.14 bits per heavy atom. The summed E-state index contributed by atoms with van der Waals surface area (Å²) >= 11 is 0. The van der Waals surface area contributed by atoms with E-state index in [4.69, 9.17) is 0 Å². The van der Waals surface area contributed by atoms with Crippen molar-refractivity contribution < 1.29 is 13.2 Å². The maximum absolute atomic E-state index is 12.4. The van der Waals surface area contributed by atoms with E-state index >= 15 is 0 Å². The molecule has 0 aromatic carbocycles. The van der Waals surface area contributed by atoms with Crippen LogP contribution in [0.3, 0.4) is 0 Å². The molecule has 120 valence electrons. The van der Waals surface area contributed by atoms with Crippen LogP contribution in [-0.4, -0.2) is 28.7 Å². The van der Waals surface area contributed by atoms with E-state index in [2.05, 4.69) is 20.6 Å². The van der Waals surface area contributed by atoms with E-state index in [0.717, 1.165) is 24.9 Å². The fourth-order valence-corrected chi connectivity index (χ4v) is 2.05. The van der Waals surface area contributed by atoms with Crippen LogP contribution in [0.4, 0.5) is 24.8 Å². The third-order valence-electron chi connectivity index (χ3n) is 2.91. The van der Waals surface area contributed by atoms with Gasteiger partial charge in [0, 0.05) is 18.2 Å². The highest BCUT2D eigenvalue weighted by Crippen LogP contribution is 2.26. The Balaban J connectivity index is 2.89. The van der Waals surface area contributed by atoms with E-state index in [9.17, 15) is 13.2 Å². The van der Waals surface area contributed by atoms with Gasteiger partial charge in [-0.25, -0.2) is 9.97 Å². The van der Waals surface area contributed by atoms with Crippen molar-refractivity contribution in [2.45, 2.75) is 58.7 Å². The molecular formula is C14H23F3N4. The molecule has 0 spiro atoms. The summed E-state index contributed by atoms with van der Waals surface area (Å²) < 4.78 is 37.3. The molecule has 1 atom stereocenters. The predicted octanol–water partition coefficient (Wildman–Crippen LogP) is 4.00. The van der Waals surface area contributed by atoms with Crippen molar-refractivity contribution in [3.63, 3.8) is 0 Å². The Kier molecular flexibility index (Phi) is 6.71. The fourth-order valence-electron chi connectivity index (χ4n) is 2.05. The molecule has 0 aliphatic carbocycles. The van der Waals surface area contributed by atoms with Crippen molar-refractivity contribution in [2.75, 3.05) is 17.2 Å². The third-order valence-corrected chi connectivity index (χ3v) is 2.91. The van der Waals surface area contributed by atoms with Gasteiger partial charge in [-0.05, 0) is 19.8 Å². The zero-order valence-corrected chi connectivity index (χ0v) is 12.7. The van der Waals surface area contributed by atoms with Gasteiger partial charge >= 0.3 is 6.18 Å². The molecule has 0 bridgehead atoms. The quantitative estimate of drug-likeness (QED) is 0.762. The Hall–Kier alpha value is -1.53. The van der Waals surface area contributed by atoms with Crippen molar-refractivity contribution >= 4 is 11.6 Å². The fraction of sp³-hybridized carbons (Fsp3) is 0.714. The SMILES string of the molecule is CCCNc1ncnc(NC(C)CC(F)(F)F)c1CCC. The van der Waals surface area contributed by atoms with Crippen LogP contribution >= 0.6 is 0 Å². The van der Waals surface area contributed by atoms with Crippen molar-refractivity contribution in [1.29, 1.82) is 0 Å². The molecule has 0 aliphatic rings. The van der Waals surface area contributed by atoms with Crippen LogP contribution in [0.2, 0.25) is 0 Å². The van der Waals surface area contributed by atoms with Crippen LogP contribution < -0.4 is 10.6 Å². The van der Waals surface area contributed by atoms with Crippen molar-refractivity contribution in [3.05, 3.63) is 11.9 Å². The maximum atomic E-state index is 12.4. The van der Waals surface area contributed by atoms with Gasteiger partial charge in [0.2, 0.25) is 0 Å². The molecule has 0 radical (unpaired) electrons. The second-order valence-electron chi connectivity index (χ2n) is 5.09. The summed E-state index contributed by atoms with van der Waals surface area (Å²) in [5.74, 6) is 1.19. The predicted molar refractivity (Wildman–Crippen MR) is 78.6 cm³/mol. The molecule has 0 fully saturated rings. The lowest BCUT2D eigenvalue weighted by Gasteiger charge is -2.20.